The van der Waals surface area contributed by atoms with Crippen molar-refractivity contribution in [3.8, 4) is 0 Å². The zero-order valence-corrected chi connectivity index (χ0v) is 23.2. The Bertz CT molecular complexity index is 1880. The van der Waals surface area contributed by atoms with E-state index in [1.807, 2.05) is 0 Å². The Balaban J connectivity index is 1.42. The molecule has 0 aromatic heterocycles. The number of benzene rings is 8. The van der Waals surface area contributed by atoms with E-state index in [4.69, 9.17) is 0 Å². The molecule has 0 unspecified atom stereocenters. The molecule has 0 aliphatic rings. The van der Waals surface area contributed by atoms with Gasteiger partial charge < -0.3 is 4.90 Å². The largest absolute Gasteiger partial charge is 0.310 e. The fraction of sp³-hybridized carbons (Fsp3) is 0.0244. The van der Waals surface area contributed by atoms with Crippen molar-refractivity contribution in [1.82, 2.24) is 0 Å². The SMILES string of the molecule is c1ccc(C(c2ccccc2)c2ccc3ccc4ccc(N(c5ccccc5)c5ccccc5)c5ccc2c3c45)cc1. The highest BCUT2D eigenvalue weighted by Crippen LogP contribution is 2.46. The second-order valence-corrected chi connectivity index (χ2v) is 10.9. The zero-order chi connectivity index (χ0) is 27.9. The van der Waals surface area contributed by atoms with Gasteiger partial charge in [0, 0.05) is 22.7 Å². The fourth-order valence-corrected chi connectivity index (χ4v) is 6.68. The monoisotopic (exact) mass is 535 g/mol. The van der Waals surface area contributed by atoms with Crippen LogP contribution in [0.2, 0.25) is 0 Å². The molecule has 8 aromatic rings. The molecular formula is C41H29N. The topological polar surface area (TPSA) is 3.24 Å². The number of nitrogens with zero attached hydrogens (tertiary/aromatic N) is 1. The van der Waals surface area contributed by atoms with Gasteiger partial charge in [0.1, 0.15) is 0 Å². The van der Waals surface area contributed by atoms with Crippen LogP contribution in [-0.4, -0.2) is 0 Å². The molecule has 0 saturated heterocycles. The van der Waals surface area contributed by atoms with Gasteiger partial charge in [-0.25, -0.2) is 0 Å². The highest BCUT2D eigenvalue weighted by Gasteiger charge is 2.23. The van der Waals surface area contributed by atoms with Crippen LogP contribution in [0.1, 0.15) is 22.6 Å². The lowest BCUT2D eigenvalue weighted by atomic mass is 9.81. The minimum absolute atomic E-state index is 0.140. The average Bonchev–Trinajstić information content (AvgIpc) is 3.07. The second-order valence-electron chi connectivity index (χ2n) is 10.9. The first-order chi connectivity index (χ1) is 20.9. The third kappa shape index (κ3) is 4.02. The third-order valence-electron chi connectivity index (χ3n) is 8.52. The molecular weight excluding hydrogens is 506 g/mol. The van der Waals surface area contributed by atoms with E-state index in [1.165, 1.54) is 54.7 Å². The first-order valence-electron chi connectivity index (χ1n) is 14.6. The van der Waals surface area contributed by atoms with Crippen molar-refractivity contribution < 1.29 is 0 Å². The summed E-state index contributed by atoms with van der Waals surface area (Å²) in [6.45, 7) is 0. The van der Waals surface area contributed by atoms with Crippen LogP contribution in [0.4, 0.5) is 17.1 Å². The summed E-state index contributed by atoms with van der Waals surface area (Å²) in [6, 6.07) is 61.6. The van der Waals surface area contributed by atoms with Crippen molar-refractivity contribution in [3.05, 3.63) is 187 Å². The summed E-state index contributed by atoms with van der Waals surface area (Å²) in [5.74, 6) is 0.140. The smallest absolute Gasteiger partial charge is 0.0540 e. The predicted molar refractivity (Wildman–Crippen MR) is 179 cm³/mol. The van der Waals surface area contributed by atoms with Crippen LogP contribution in [-0.2, 0) is 0 Å². The molecule has 8 rings (SSSR count). The van der Waals surface area contributed by atoms with Crippen molar-refractivity contribution in [3.63, 3.8) is 0 Å². The number of anilines is 3. The van der Waals surface area contributed by atoms with Crippen LogP contribution < -0.4 is 4.90 Å². The molecule has 1 nitrogen and oxygen atoms in total. The molecule has 0 N–H and O–H groups in total. The van der Waals surface area contributed by atoms with E-state index in [-0.39, 0.29) is 5.92 Å². The lowest BCUT2D eigenvalue weighted by Gasteiger charge is -2.28. The zero-order valence-electron chi connectivity index (χ0n) is 23.2. The maximum Gasteiger partial charge on any atom is 0.0540 e. The molecule has 0 atom stereocenters. The lowest BCUT2D eigenvalue weighted by molar-refractivity contribution is 0.990. The fourth-order valence-electron chi connectivity index (χ4n) is 6.68. The van der Waals surface area contributed by atoms with Gasteiger partial charge in [0.15, 0.2) is 0 Å². The number of para-hydroxylation sites is 2. The quantitative estimate of drug-likeness (QED) is 0.151. The van der Waals surface area contributed by atoms with E-state index in [2.05, 4.69) is 175 Å². The van der Waals surface area contributed by atoms with Gasteiger partial charge in [0.25, 0.3) is 0 Å². The normalized spacial score (nSPS) is 11.5. The maximum absolute atomic E-state index is 2.38. The van der Waals surface area contributed by atoms with Crippen LogP contribution >= 0.6 is 0 Å². The molecule has 0 aliphatic heterocycles. The van der Waals surface area contributed by atoms with Gasteiger partial charge >= 0.3 is 0 Å². The van der Waals surface area contributed by atoms with Crippen LogP contribution in [0.3, 0.4) is 0 Å². The molecule has 0 fully saturated rings. The van der Waals surface area contributed by atoms with Crippen LogP contribution in [0.5, 0.6) is 0 Å². The Morgan fingerprint density at radius 2 is 0.786 bits per heavy atom. The highest BCUT2D eigenvalue weighted by molar-refractivity contribution is 6.26. The Hall–Kier alpha value is -5.40. The number of hydrogen-bond donors (Lipinski definition) is 0. The summed E-state index contributed by atoms with van der Waals surface area (Å²) < 4.78 is 0. The van der Waals surface area contributed by atoms with Crippen LogP contribution in [0.15, 0.2) is 170 Å². The van der Waals surface area contributed by atoms with Crippen LogP contribution in [0.25, 0.3) is 32.3 Å². The van der Waals surface area contributed by atoms with Gasteiger partial charge in [0.2, 0.25) is 0 Å². The molecule has 198 valence electrons. The molecule has 0 bridgehead atoms. The molecule has 0 radical (unpaired) electrons. The Kier molecular flexibility index (Phi) is 5.93. The molecule has 0 spiro atoms. The molecule has 0 amide bonds. The molecule has 1 heteroatoms. The third-order valence-corrected chi connectivity index (χ3v) is 8.52. The summed E-state index contributed by atoms with van der Waals surface area (Å²) >= 11 is 0. The Morgan fingerprint density at radius 3 is 1.33 bits per heavy atom. The Labute approximate surface area is 246 Å². The second kappa shape index (κ2) is 10.2. The number of hydrogen-bond acceptors (Lipinski definition) is 1. The van der Waals surface area contributed by atoms with E-state index in [0.29, 0.717) is 0 Å². The summed E-state index contributed by atoms with van der Waals surface area (Å²) in [5.41, 5.74) is 7.42. The van der Waals surface area contributed by atoms with Crippen molar-refractivity contribution in [2.75, 3.05) is 4.90 Å². The molecule has 8 aromatic carbocycles. The van der Waals surface area contributed by atoms with Gasteiger partial charge in [-0.3, -0.25) is 0 Å². The summed E-state index contributed by atoms with van der Waals surface area (Å²) in [4.78, 5) is 2.38. The van der Waals surface area contributed by atoms with Crippen molar-refractivity contribution in [2.45, 2.75) is 5.92 Å². The van der Waals surface area contributed by atoms with Gasteiger partial charge in [0.05, 0.1) is 5.69 Å². The van der Waals surface area contributed by atoms with E-state index in [9.17, 15) is 0 Å². The lowest BCUT2D eigenvalue weighted by Crippen LogP contribution is -2.10. The number of rotatable bonds is 6. The van der Waals surface area contributed by atoms with Crippen LogP contribution in [0, 0.1) is 0 Å². The van der Waals surface area contributed by atoms with Crippen molar-refractivity contribution >= 4 is 49.4 Å². The minimum Gasteiger partial charge on any atom is -0.310 e. The summed E-state index contributed by atoms with van der Waals surface area (Å²) in [7, 11) is 0. The van der Waals surface area contributed by atoms with E-state index in [0.717, 1.165) is 11.4 Å². The van der Waals surface area contributed by atoms with Crippen molar-refractivity contribution in [2.24, 2.45) is 0 Å². The summed E-state index contributed by atoms with van der Waals surface area (Å²) in [5, 5.41) is 7.76. The maximum atomic E-state index is 2.38. The first kappa shape index (κ1) is 24.4. The molecule has 42 heavy (non-hydrogen) atoms. The van der Waals surface area contributed by atoms with E-state index in [1.54, 1.807) is 0 Å². The van der Waals surface area contributed by atoms with Gasteiger partial charge in [-0.15, -0.1) is 0 Å². The standard InChI is InChI=1S/C41H29N/c1-5-13-29(14-6-1)39(30-15-7-2-8-16-30)35-25-23-31-21-22-32-24-28-38(37-27-26-36(35)40(31)41(32)37)42(33-17-9-3-10-18-33)34-19-11-4-12-20-34/h1-28,39H. The van der Waals surface area contributed by atoms with E-state index < -0.39 is 0 Å². The predicted octanol–water partition coefficient (Wildman–Crippen LogP) is 11.2. The summed E-state index contributed by atoms with van der Waals surface area (Å²) in [6.07, 6.45) is 0. The van der Waals surface area contributed by atoms with Gasteiger partial charge in [-0.05, 0) is 74.0 Å². The van der Waals surface area contributed by atoms with E-state index >= 15 is 0 Å². The van der Waals surface area contributed by atoms with Gasteiger partial charge in [-0.1, -0.05) is 140 Å². The molecule has 0 heterocycles. The first-order valence-corrected chi connectivity index (χ1v) is 14.6. The van der Waals surface area contributed by atoms with Crippen molar-refractivity contribution in [1.29, 1.82) is 0 Å². The average molecular weight is 536 g/mol. The Morgan fingerprint density at radius 1 is 0.357 bits per heavy atom. The molecule has 0 saturated carbocycles. The molecule has 0 aliphatic carbocycles. The van der Waals surface area contributed by atoms with Gasteiger partial charge in [-0.2, -0.15) is 0 Å². The highest BCUT2D eigenvalue weighted by atomic mass is 15.1. The minimum atomic E-state index is 0.140.